The number of aliphatic hydroxyl groups is 1. The fourth-order valence-electron chi connectivity index (χ4n) is 2.11. The molecule has 0 aliphatic heterocycles. The Morgan fingerprint density at radius 3 is 2.70 bits per heavy atom. The second-order valence-electron chi connectivity index (χ2n) is 4.75. The second kappa shape index (κ2) is 5.03. The summed E-state index contributed by atoms with van der Waals surface area (Å²) in [5.74, 6) is 0.718. The van der Waals surface area contributed by atoms with Gasteiger partial charge in [0.25, 0.3) is 0 Å². The van der Waals surface area contributed by atoms with E-state index < -0.39 is 12.1 Å². The van der Waals surface area contributed by atoms with Crippen LogP contribution in [-0.2, 0) is 0 Å². The van der Waals surface area contributed by atoms with Crippen molar-refractivity contribution in [2.75, 3.05) is 0 Å². The molecule has 2 aromatic carbocycles. The normalized spacial score (nSPS) is 14.3. The molecule has 3 N–H and O–H groups in total. The largest absolute Gasteiger partial charge is 0.391 e. The van der Waals surface area contributed by atoms with Crippen LogP contribution in [0.3, 0.4) is 0 Å². The summed E-state index contributed by atoms with van der Waals surface area (Å²) in [6, 6.07) is 13.2. The summed E-state index contributed by atoms with van der Waals surface area (Å²) >= 11 is 0. The molecule has 0 saturated heterocycles. The fourth-order valence-corrected chi connectivity index (χ4v) is 2.11. The number of aliphatic hydroxyl groups excluding tert-OH is 1. The van der Waals surface area contributed by atoms with E-state index in [0.717, 1.165) is 16.3 Å². The van der Waals surface area contributed by atoms with Crippen molar-refractivity contribution < 1.29 is 9.63 Å². The van der Waals surface area contributed by atoms with Gasteiger partial charge in [0, 0.05) is 5.56 Å². The average molecular weight is 269 g/mol. The maximum absolute atomic E-state index is 9.47. The molecule has 0 aliphatic rings. The van der Waals surface area contributed by atoms with E-state index in [4.69, 9.17) is 10.3 Å². The second-order valence-corrected chi connectivity index (χ2v) is 4.75. The van der Waals surface area contributed by atoms with E-state index in [-0.39, 0.29) is 5.89 Å². The molecule has 0 spiro atoms. The molecule has 0 aliphatic carbocycles. The smallest absolute Gasteiger partial charge is 0.246 e. The predicted octanol–water partition coefficient (Wildman–Crippen LogP) is 2.27. The molecule has 0 fully saturated rings. The molecule has 0 amide bonds. The minimum absolute atomic E-state index is 0.239. The summed E-state index contributed by atoms with van der Waals surface area (Å²) in [7, 11) is 0. The summed E-state index contributed by atoms with van der Waals surface area (Å²) in [6.45, 7) is 1.59. The molecule has 0 radical (unpaired) electrons. The third-order valence-corrected chi connectivity index (χ3v) is 3.28. The first-order chi connectivity index (χ1) is 9.66. The molecule has 20 heavy (non-hydrogen) atoms. The highest BCUT2D eigenvalue weighted by molar-refractivity contribution is 5.94. The Hall–Kier alpha value is -2.24. The Balaban J connectivity index is 2.08. The van der Waals surface area contributed by atoms with Gasteiger partial charge in [0.05, 0.1) is 6.10 Å². The zero-order chi connectivity index (χ0) is 14.1. The number of hydrogen-bond acceptors (Lipinski definition) is 5. The minimum atomic E-state index is -0.740. The van der Waals surface area contributed by atoms with Gasteiger partial charge >= 0.3 is 0 Å². The van der Waals surface area contributed by atoms with Crippen molar-refractivity contribution in [3.05, 3.63) is 48.4 Å². The van der Waals surface area contributed by atoms with Crippen molar-refractivity contribution in [3.8, 4) is 11.4 Å². The van der Waals surface area contributed by atoms with Gasteiger partial charge in [-0.25, -0.2) is 0 Å². The van der Waals surface area contributed by atoms with Crippen LogP contribution < -0.4 is 5.73 Å². The molecular formula is C15H15N3O2. The summed E-state index contributed by atoms with van der Waals surface area (Å²) in [5, 5.41) is 15.6. The van der Waals surface area contributed by atoms with E-state index >= 15 is 0 Å². The maximum atomic E-state index is 9.47. The van der Waals surface area contributed by atoms with Crippen LogP contribution in [-0.4, -0.2) is 21.4 Å². The first-order valence-corrected chi connectivity index (χ1v) is 6.42. The first kappa shape index (κ1) is 12.8. The van der Waals surface area contributed by atoms with Crippen LogP contribution >= 0.6 is 0 Å². The molecular weight excluding hydrogens is 254 g/mol. The van der Waals surface area contributed by atoms with Crippen LogP contribution in [0.2, 0.25) is 0 Å². The lowest BCUT2D eigenvalue weighted by molar-refractivity contribution is 0.146. The minimum Gasteiger partial charge on any atom is -0.391 e. The van der Waals surface area contributed by atoms with Crippen molar-refractivity contribution in [2.45, 2.75) is 19.1 Å². The van der Waals surface area contributed by atoms with Gasteiger partial charge in [-0.2, -0.15) is 4.98 Å². The molecule has 5 nitrogen and oxygen atoms in total. The zero-order valence-electron chi connectivity index (χ0n) is 11.0. The van der Waals surface area contributed by atoms with Gasteiger partial charge < -0.3 is 15.4 Å². The summed E-state index contributed by atoms with van der Waals surface area (Å²) in [5.41, 5.74) is 6.68. The van der Waals surface area contributed by atoms with Crippen LogP contribution in [0.5, 0.6) is 0 Å². The van der Waals surface area contributed by atoms with Gasteiger partial charge in [0.1, 0.15) is 6.04 Å². The Morgan fingerprint density at radius 1 is 1.15 bits per heavy atom. The number of nitrogens with two attached hydrogens (primary N) is 1. The molecule has 3 aromatic rings. The Bertz CT molecular complexity index is 731. The monoisotopic (exact) mass is 269 g/mol. The van der Waals surface area contributed by atoms with Crippen LogP contribution in [0.4, 0.5) is 0 Å². The topological polar surface area (TPSA) is 85.2 Å². The molecule has 2 atom stereocenters. The lowest BCUT2D eigenvalue weighted by Crippen LogP contribution is -2.23. The first-order valence-electron chi connectivity index (χ1n) is 6.42. The van der Waals surface area contributed by atoms with E-state index in [2.05, 4.69) is 10.1 Å². The van der Waals surface area contributed by atoms with Gasteiger partial charge in [0.2, 0.25) is 11.7 Å². The van der Waals surface area contributed by atoms with Crippen molar-refractivity contribution in [2.24, 2.45) is 5.73 Å². The summed E-state index contributed by atoms with van der Waals surface area (Å²) in [4.78, 5) is 4.29. The van der Waals surface area contributed by atoms with E-state index in [1.165, 1.54) is 0 Å². The third kappa shape index (κ3) is 2.17. The van der Waals surface area contributed by atoms with Gasteiger partial charge in [-0.3, -0.25) is 0 Å². The van der Waals surface area contributed by atoms with Gasteiger partial charge in [-0.1, -0.05) is 47.6 Å². The fraction of sp³-hybridized carbons (Fsp3) is 0.200. The highest BCUT2D eigenvalue weighted by Gasteiger charge is 2.20. The lowest BCUT2D eigenvalue weighted by Gasteiger charge is -2.08. The van der Waals surface area contributed by atoms with Crippen molar-refractivity contribution in [1.29, 1.82) is 0 Å². The van der Waals surface area contributed by atoms with E-state index in [9.17, 15) is 5.11 Å². The summed E-state index contributed by atoms with van der Waals surface area (Å²) < 4.78 is 5.14. The molecule has 1 heterocycles. The van der Waals surface area contributed by atoms with E-state index in [0.29, 0.717) is 5.82 Å². The van der Waals surface area contributed by atoms with Crippen LogP contribution in [0.1, 0.15) is 18.9 Å². The quantitative estimate of drug-likeness (QED) is 0.761. The molecule has 5 heteroatoms. The van der Waals surface area contributed by atoms with Crippen LogP contribution in [0.15, 0.2) is 47.0 Å². The van der Waals surface area contributed by atoms with E-state index in [1.807, 2.05) is 42.5 Å². The number of nitrogens with zero attached hydrogens (tertiary/aromatic N) is 2. The van der Waals surface area contributed by atoms with Crippen molar-refractivity contribution in [3.63, 3.8) is 0 Å². The van der Waals surface area contributed by atoms with Gasteiger partial charge in [0.15, 0.2) is 0 Å². The van der Waals surface area contributed by atoms with Crippen LogP contribution in [0.25, 0.3) is 22.2 Å². The SMILES string of the molecule is C[C@@H](O)[C@H](N)c1nc(-c2cccc3ccccc23)no1. The molecule has 0 saturated carbocycles. The zero-order valence-corrected chi connectivity index (χ0v) is 11.0. The highest BCUT2D eigenvalue weighted by atomic mass is 16.5. The van der Waals surface area contributed by atoms with Crippen LogP contribution in [0, 0.1) is 0 Å². The van der Waals surface area contributed by atoms with Gasteiger partial charge in [-0.15, -0.1) is 0 Å². The number of benzene rings is 2. The number of rotatable bonds is 3. The molecule has 102 valence electrons. The highest BCUT2D eigenvalue weighted by Crippen LogP contribution is 2.27. The molecule has 3 rings (SSSR count). The number of hydrogen-bond donors (Lipinski definition) is 2. The van der Waals surface area contributed by atoms with Gasteiger partial charge in [-0.05, 0) is 17.7 Å². The standard InChI is InChI=1S/C15H15N3O2/c1-9(19)13(16)15-17-14(18-20-15)12-8-4-6-10-5-2-3-7-11(10)12/h2-9,13,19H,16H2,1H3/t9-,13+/m1/s1. The molecule has 0 unspecified atom stereocenters. The predicted molar refractivity (Wildman–Crippen MR) is 75.8 cm³/mol. The molecule has 0 bridgehead atoms. The maximum Gasteiger partial charge on any atom is 0.246 e. The van der Waals surface area contributed by atoms with Crippen molar-refractivity contribution in [1.82, 2.24) is 10.1 Å². The lowest BCUT2D eigenvalue weighted by atomic mass is 10.0. The van der Waals surface area contributed by atoms with E-state index in [1.54, 1.807) is 6.92 Å². The number of fused-ring (bicyclic) bond motifs is 1. The Morgan fingerprint density at radius 2 is 1.90 bits per heavy atom. The van der Waals surface area contributed by atoms with Crippen molar-refractivity contribution >= 4 is 10.8 Å². The Kier molecular flexibility index (Phi) is 3.22. The summed E-state index contributed by atoms with van der Waals surface area (Å²) in [6.07, 6.45) is -0.740. The number of aromatic nitrogens is 2. The molecule has 1 aromatic heterocycles. The average Bonchev–Trinajstić information content (AvgIpc) is 2.95. The third-order valence-electron chi connectivity index (χ3n) is 3.28. The Labute approximate surface area is 116 Å².